The molecule has 3 heteroatoms. The van der Waals surface area contributed by atoms with Crippen LogP contribution in [0.4, 0.5) is 0 Å². The fraction of sp³-hybridized carbons (Fsp3) is 0.476. The lowest BCUT2D eigenvalue weighted by Crippen LogP contribution is -2.29. The number of aryl methyl sites for hydroxylation is 1. The molecule has 3 nitrogen and oxygen atoms in total. The highest BCUT2D eigenvalue weighted by Gasteiger charge is 2.23. The Balaban J connectivity index is 2.00. The predicted molar refractivity (Wildman–Crippen MR) is 102 cm³/mol. The molecule has 24 heavy (non-hydrogen) atoms. The van der Waals surface area contributed by atoms with Crippen LogP contribution < -0.4 is 5.32 Å². The first-order chi connectivity index (χ1) is 11.4. The van der Waals surface area contributed by atoms with Gasteiger partial charge in [-0.3, -0.25) is 9.69 Å². The van der Waals surface area contributed by atoms with Gasteiger partial charge in [-0.2, -0.15) is 0 Å². The van der Waals surface area contributed by atoms with Crippen molar-refractivity contribution in [3.8, 4) is 0 Å². The average molecular weight is 326 g/mol. The van der Waals surface area contributed by atoms with Gasteiger partial charge in [0.2, 0.25) is 5.91 Å². The quantitative estimate of drug-likeness (QED) is 0.775. The number of nitrogens with zero attached hydrogens (tertiary/aromatic N) is 1. The molecule has 1 aromatic rings. The van der Waals surface area contributed by atoms with Crippen molar-refractivity contribution in [2.24, 2.45) is 5.92 Å². The van der Waals surface area contributed by atoms with Gasteiger partial charge in [0.15, 0.2) is 0 Å². The maximum absolute atomic E-state index is 11.3. The third-order valence-electron chi connectivity index (χ3n) is 4.87. The van der Waals surface area contributed by atoms with E-state index in [4.69, 9.17) is 0 Å². The van der Waals surface area contributed by atoms with Gasteiger partial charge in [-0.05, 0) is 73.5 Å². The molecule has 1 unspecified atom stereocenters. The molecule has 130 valence electrons. The van der Waals surface area contributed by atoms with Crippen molar-refractivity contribution in [1.82, 2.24) is 10.2 Å². The minimum Gasteiger partial charge on any atom is -0.352 e. The number of carbonyl (C=O) groups excluding carboxylic acids is 1. The lowest BCUT2D eigenvalue weighted by molar-refractivity contribution is -0.116. The van der Waals surface area contributed by atoms with Gasteiger partial charge in [0.1, 0.15) is 0 Å². The number of amides is 1. The largest absolute Gasteiger partial charge is 0.352 e. The number of rotatable bonds is 7. The standard InChI is InChI=1S/C21H30N2O/c1-6-19-16(5)10-18(11-20(19)15(3)4)14-23-9-8-17(13-23)12-22-21(24)7-2/h7,10-11,17H,2-3,6,8-9,12-14H2,1,4-5H3,(H,22,24). The normalized spacial score (nSPS) is 17.7. The number of nitrogens with one attached hydrogen (secondary N) is 1. The molecule has 1 aromatic carbocycles. The zero-order chi connectivity index (χ0) is 17.7. The highest BCUT2D eigenvalue weighted by molar-refractivity contribution is 5.86. The van der Waals surface area contributed by atoms with E-state index < -0.39 is 0 Å². The molecule has 0 bridgehead atoms. The van der Waals surface area contributed by atoms with Crippen molar-refractivity contribution < 1.29 is 4.79 Å². The van der Waals surface area contributed by atoms with E-state index in [9.17, 15) is 4.79 Å². The summed E-state index contributed by atoms with van der Waals surface area (Å²) in [4.78, 5) is 13.8. The maximum atomic E-state index is 11.3. The van der Waals surface area contributed by atoms with E-state index >= 15 is 0 Å². The van der Waals surface area contributed by atoms with Gasteiger partial charge in [-0.15, -0.1) is 0 Å². The van der Waals surface area contributed by atoms with E-state index in [1.165, 1.54) is 28.3 Å². The number of hydrogen-bond donors (Lipinski definition) is 1. The second-order valence-electron chi connectivity index (χ2n) is 6.91. The van der Waals surface area contributed by atoms with Gasteiger partial charge in [-0.25, -0.2) is 0 Å². The lowest BCUT2D eigenvalue weighted by atomic mass is 9.93. The minimum atomic E-state index is -0.0784. The molecule has 1 saturated heterocycles. The number of likely N-dealkylation sites (tertiary alicyclic amines) is 1. The van der Waals surface area contributed by atoms with E-state index in [1.807, 2.05) is 0 Å². The summed E-state index contributed by atoms with van der Waals surface area (Å²) in [5.74, 6) is 0.454. The third-order valence-corrected chi connectivity index (χ3v) is 4.87. The van der Waals surface area contributed by atoms with Crippen LogP contribution >= 0.6 is 0 Å². The van der Waals surface area contributed by atoms with Crippen molar-refractivity contribution >= 4 is 11.5 Å². The van der Waals surface area contributed by atoms with Crippen LogP contribution in [0.25, 0.3) is 5.57 Å². The van der Waals surface area contributed by atoms with Crippen LogP contribution in [-0.2, 0) is 17.8 Å². The summed E-state index contributed by atoms with van der Waals surface area (Å²) in [6.45, 7) is 18.0. The van der Waals surface area contributed by atoms with Crippen LogP contribution in [0.1, 0.15) is 42.5 Å². The number of hydrogen-bond acceptors (Lipinski definition) is 2. The summed E-state index contributed by atoms with van der Waals surface area (Å²) in [5.41, 5.74) is 6.59. The van der Waals surface area contributed by atoms with E-state index in [0.29, 0.717) is 5.92 Å². The first-order valence-electron chi connectivity index (χ1n) is 8.85. The summed E-state index contributed by atoms with van der Waals surface area (Å²) >= 11 is 0. The third kappa shape index (κ3) is 4.57. The summed E-state index contributed by atoms with van der Waals surface area (Å²) in [6.07, 6.45) is 3.52. The average Bonchev–Trinajstić information content (AvgIpc) is 2.99. The highest BCUT2D eigenvalue weighted by Crippen LogP contribution is 2.26. The molecule has 0 spiro atoms. The van der Waals surface area contributed by atoms with E-state index in [0.717, 1.165) is 44.6 Å². The fourth-order valence-corrected chi connectivity index (χ4v) is 3.63. The summed E-state index contributed by atoms with van der Waals surface area (Å²) in [7, 11) is 0. The number of allylic oxidation sites excluding steroid dienone is 1. The second-order valence-corrected chi connectivity index (χ2v) is 6.91. The van der Waals surface area contributed by atoms with Crippen molar-refractivity contribution in [3.05, 3.63) is 53.6 Å². The van der Waals surface area contributed by atoms with Crippen molar-refractivity contribution in [2.45, 2.75) is 40.2 Å². The summed E-state index contributed by atoms with van der Waals surface area (Å²) in [5, 5.41) is 2.91. The summed E-state index contributed by atoms with van der Waals surface area (Å²) in [6, 6.07) is 4.62. The van der Waals surface area contributed by atoms with Crippen LogP contribution in [0.2, 0.25) is 0 Å². The minimum absolute atomic E-state index is 0.0784. The SMILES string of the molecule is C=CC(=O)NCC1CCN(Cc2cc(C)c(CC)c(C(=C)C)c2)C1. The van der Waals surface area contributed by atoms with Crippen molar-refractivity contribution in [3.63, 3.8) is 0 Å². The number of carbonyl (C=O) groups is 1. The Morgan fingerprint density at radius 1 is 1.46 bits per heavy atom. The molecule has 0 saturated carbocycles. The Morgan fingerprint density at radius 2 is 2.21 bits per heavy atom. The molecule has 1 atom stereocenters. The Hall–Kier alpha value is -1.87. The smallest absolute Gasteiger partial charge is 0.243 e. The number of benzene rings is 1. The Kier molecular flexibility index (Phi) is 6.38. The predicted octanol–water partition coefficient (Wildman–Crippen LogP) is 3.71. The van der Waals surface area contributed by atoms with Gasteiger partial charge >= 0.3 is 0 Å². The highest BCUT2D eigenvalue weighted by atomic mass is 16.1. The Labute approximate surface area is 146 Å². The van der Waals surface area contributed by atoms with E-state index in [1.54, 1.807) is 0 Å². The molecule has 2 rings (SSSR count). The molecule has 1 heterocycles. The molecule has 0 radical (unpaired) electrons. The molecule has 0 aromatic heterocycles. The lowest BCUT2D eigenvalue weighted by Gasteiger charge is -2.19. The van der Waals surface area contributed by atoms with Crippen LogP contribution in [0, 0.1) is 12.8 Å². The first-order valence-corrected chi connectivity index (χ1v) is 8.85. The van der Waals surface area contributed by atoms with Crippen molar-refractivity contribution in [2.75, 3.05) is 19.6 Å². The van der Waals surface area contributed by atoms with Gasteiger partial charge in [0.05, 0.1) is 0 Å². The maximum Gasteiger partial charge on any atom is 0.243 e. The molecule has 1 aliphatic rings. The fourth-order valence-electron chi connectivity index (χ4n) is 3.63. The molecular weight excluding hydrogens is 296 g/mol. The second kappa shape index (κ2) is 8.29. The zero-order valence-electron chi connectivity index (χ0n) is 15.3. The van der Waals surface area contributed by atoms with Gasteiger partial charge in [-0.1, -0.05) is 31.7 Å². The van der Waals surface area contributed by atoms with Gasteiger partial charge in [0.25, 0.3) is 0 Å². The summed E-state index contributed by atoms with van der Waals surface area (Å²) < 4.78 is 0. The zero-order valence-corrected chi connectivity index (χ0v) is 15.3. The van der Waals surface area contributed by atoms with Crippen LogP contribution in [0.5, 0.6) is 0 Å². The van der Waals surface area contributed by atoms with Crippen LogP contribution in [0.15, 0.2) is 31.4 Å². The first kappa shape index (κ1) is 18.5. The molecular formula is C21H30N2O. The van der Waals surface area contributed by atoms with Gasteiger partial charge in [0, 0.05) is 19.6 Å². The van der Waals surface area contributed by atoms with E-state index in [-0.39, 0.29) is 5.91 Å². The van der Waals surface area contributed by atoms with Gasteiger partial charge < -0.3 is 5.32 Å². The van der Waals surface area contributed by atoms with Crippen LogP contribution in [-0.4, -0.2) is 30.4 Å². The Morgan fingerprint density at radius 3 is 2.83 bits per heavy atom. The molecule has 1 aliphatic heterocycles. The molecule has 0 aliphatic carbocycles. The Bertz CT molecular complexity index is 633. The monoisotopic (exact) mass is 326 g/mol. The van der Waals surface area contributed by atoms with Crippen LogP contribution in [0.3, 0.4) is 0 Å². The molecule has 1 N–H and O–H groups in total. The van der Waals surface area contributed by atoms with E-state index in [2.05, 4.69) is 56.3 Å². The molecule has 1 fully saturated rings. The van der Waals surface area contributed by atoms with Crippen molar-refractivity contribution in [1.29, 1.82) is 0 Å². The topological polar surface area (TPSA) is 32.3 Å². The molecule has 1 amide bonds.